The van der Waals surface area contributed by atoms with Gasteiger partial charge >= 0.3 is 0 Å². The molecule has 0 radical (unpaired) electrons. The summed E-state index contributed by atoms with van der Waals surface area (Å²) in [4.78, 5) is 14.1. The summed E-state index contributed by atoms with van der Waals surface area (Å²) in [5.74, 6) is 0.0343. The van der Waals surface area contributed by atoms with Gasteiger partial charge in [-0.3, -0.25) is 4.79 Å². The van der Waals surface area contributed by atoms with Gasteiger partial charge in [0.2, 0.25) is 0 Å². The van der Waals surface area contributed by atoms with Crippen LogP contribution in [0.2, 0.25) is 0 Å². The van der Waals surface area contributed by atoms with Gasteiger partial charge in [0.05, 0.1) is 4.88 Å². The topological polar surface area (TPSA) is 49.3 Å². The van der Waals surface area contributed by atoms with Crippen LogP contribution < -0.4 is 5.32 Å². The van der Waals surface area contributed by atoms with Crippen LogP contribution in [-0.2, 0) is 6.42 Å². The fourth-order valence-corrected chi connectivity index (χ4v) is 3.30. The molecule has 1 saturated carbocycles. The molecular weight excluding hydrogens is 246 g/mol. The van der Waals surface area contributed by atoms with Crippen LogP contribution >= 0.6 is 11.3 Å². The van der Waals surface area contributed by atoms with Crippen molar-refractivity contribution in [1.29, 1.82) is 0 Å². The van der Waals surface area contributed by atoms with Crippen LogP contribution in [0.25, 0.3) is 0 Å². The molecular formula is C14H21NO2S. The molecule has 1 aromatic rings. The van der Waals surface area contributed by atoms with Gasteiger partial charge in [0, 0.05) is 18.0 Å². The maximum atomic E-state index is 12.0. The highest BCUT2D eigenvalue weighted by Crippen LogP contribution is 2.47. The minimum atomic E-state index is 0.0343. The fourth-order valence-electron chi connectivity index (χ4n) is 2.27. The number of thiophene rings is 1. The number of rotatable bonds is 6. The molecule has 1 heterocycles. The highest BCUT2D eigenvalue weighted by Gasteiger charge is 2.41. The zero-order chi connectivity index (χ0) is 13.2. The number of aliphatic hydroxyl groups is 1. The number of aryl methyl sites for hydroxylation is 2. The van der Waals surface area contributed by atoms with Gasteiger partial charge < -0.3 is 10.4 Å². The summed E-state index contributed by atoms with van der Waals surface area (Å²) < 4.78 is 0. The van der Waals surface area contributed by atoms with E-state index in [0.717, 1.165) is 30.6 Å². The number of hydrogen-bond donors (Lipinski definition) is 2. The molecule has 3 nitrogen and oxygen atoms in total. The smallest absolute Gasteiger partial charge is 0.261 e. The SMILES string of the molecule is CCc1cc(C(=O)NCC2(CCO)CC2)sc1C. The van der Waals surface area contributed by atoms with E-state index in [1.54, 1.807) is 11.3 Å². The second-order valence-corrected chi connectivity index (χ2v) is 6.46. The third-order valence-corrected chi connectivity index (χ3v) is 4.94. The van der Waals surface area contributed by atoms with Crippen molar-refractivity contribution in [3.8, 4) is 0 Å². The average Bonchev–Trinajstić information content (AvgIpc) is 3.01. The largest absolute Gasteiger partial charge is 0.396 e. The van der Waals surface area contributed by atoms with E-state index in [-0.39, 0.29) is 17.9 Å². The molecule has 0 saturated heterocycles. The Morgan fingerprint density at radius 2 is 2.28 bits per heavy atom. The highest BCUT2D eigenvalue weighted by atomic mass is 32.1. The molecule has 1 amide bonds. The van der Waals surface area contributed by atoms with Gasteiger partial charge in [0.15, 0.2) is 0 Å². The molecule has 0 bridgehead atoms. The van der Waals surface area contributed by atoms with Crippen LogP contribution in [0.4, 0.5) is 0 Å². The standard InChI is InChI=1S/C14H21NO2S/c1-3-11-8-12(18-10(11)2)13(17)15-9-14(4-5-14)6-7-16/h8,16H,3-7,9H2,1-2H3,(H,15,17). The maximum absolute atomic E-state index is 12.0. The van der Waals surface area contributed by atoms with E-state index in [0.29, 0.717) is 6.54 Å². The van der Waals surface area contributed by atoms with Crippen LogP contribution in [-0.4, -0.2) is 24.2 Å². The number of nitrogens with one attached hydrogen (secondary N) is 1. The lowest BCUT2D eigenvalue weighted by Crippen LogP contribution is -2.30. The van der Waals surface area contributed by atoms with Crippen molar-refractivity contribution in [3.63, 3.8) is 0 Å². The molecule has 1 aromatic heterocycles. The predicted molar refractivity (Wildman–Crippen MR) is 74.1 cm³/mol. The molecule has 0 aromatic carbocycles. The first-order chi connectivity index (χ1) is 8.60. The van der Waals surface area contributed by atoms with E-state index in [9.17, 15) is 4.79 Å². The number of hydrogen-bond acceptors (Lipinski definition) is 3. The van der Waals surface area contributed by atoms with Crippen molar-refractivity contribution >= 4 is 17.2 Å². The van der Waals surface area contributed by atoms with Crippen LogP contribution in [0, 0.1) is 12.3 Å². The Morgan fingerprint density at radius 3 is 2.78 bits per heavy atom. The summed E-state index contributed by atoms with van der Waals surface area (Å²) in [7, 11) is 0. The average molecular weight is 267 g/mol. The molecule has 0 atom stereocenters. The zero-order valence-electron chi connectivity index (χ0n) is 11.1. The van der Waals surface area contributed by atoms with Crippen LogP contribution in [0.5, 0.6) is 0 Å². The van der Waals surface area contributed by atoms with E-state index < -0.39 is 0 Å². The normalized spacial score (nSPS) is 16.6. The first kappa shape index (κ1) is 13.6. The highest BCUT2D eigenvalue weighted by molar-refractivity contribution is 7.14. The van der Waals surface area contributed by atoms with E-state index in [2.05, 4.69) is 19.2 Å². The van der Waals surface area contributed by atoms with Gasteiger partial charge in [0.25, 0.3) is 5.91 Å². The number of carbonyl (C=O) groups is 1. The first-order valence-electron chi connectivity index (χ1n) is 6.58. The Labute approximate surface area is 112 Å². The van der Waals surface area contributed by atoms with Crippen molar-refractivity contribution in [2.75, 3.05) is 13.2 Å². The summed E-state index contributed by atoms with van der Waals surface area (Å²) in [6, 6.07) is 2.00. The summed E-state index contributed by atoms with van der Waals surface area (Å²) in [6.45, 7) is 5.09. The predicted octanol–water partition coefficient (Wildman–Crippen LogP) is 2.51. The minimum Gasteiger partial charge on any atom is -0.396 e. The molecule has 1 fully saturated rings. The Kier molecular flexibility index (Phi) is 4.07. The van der Waals surface area contributed by atoms with Gasteiger partial charge in [0.1, 0.15) is 0 Å². The number of amides is 1. The molecule has 1 aliphatic rings. The molecule has 4 heteroatoms. The quantitative estimate of drug-likeness (QED) is 0.832. The molecule has 0 spiro atoms. The lowest BCUT2D eigenvalue weighted by Gasteiger charge is -2.13. The Hall–Kier alpha value is -0.870. The van der Waals surface area contributed by atoms with Crippen molar-refractivity contribution in [3.05, 3.63) is 21.4 Å². The van der Waals surface area contributed by atoms with Gasteiger partial charge in [-0.15, -0.1) is 11.3 Å². The second-order valence-electron chi connectivity index (χ2n) is 5.20. The lowest BCUT2D eigenvalue weighted by molar-refractivity contribution is 0.0945. The van der Waals surface area contributed by atoms with Crippen LogP contribution in [0.3, 0.4) is 0 Å². The van der Waals surface area contributed by atoms with E-state index in [1.165, 1.54) is 10.4 Å². The third-order valence-electron chi connectivity index (χ3n) is 3.85. The third kappa shape index (κ3) is 2.93. The Balaban J connectivity index is 1.91. The summed E-state index contributed by atoms with van der Waals surface area (Å²) >= 11 is 1.57. The minimum absolute atomic E-state index is 0.0343. The van der Waals surface area contributed by atoms with Gasteiger partial charge in [-0.1, -0.05) is 6.92 Å². The summed E-state index contributed by atoms with van der Waals surface area (Å²) in [6.07, 6.45) is 4.02. The van der Waals surface area contributed by atoms with Crippen molar-refractivity contribution in [2.24, 2.45) is 5.41 Å². The molecule has 2 rings (SSSR count). The van der Waals surface area contributed by atoms with Crippen molar-refractivity contribution < 1.29 is 9.90 Å². The molecule has 18 heavy (non-hydrogen) atoms. The number of carbonyl (C=O) groups excluding carboxylic acids is 1. The Morgan fingerprint density at radius 1 is 1.56 bits per heavy atom. The second kappa shape index (κ2) is 5.41. The summed E-state index contributed by atoms with van der Waals surface area (Å²) in [5.41, 5.74) is 1.45. The van der Waals surface area contributed by atoms with Crippen molar-refractivity contribution in [2.45, 2.75) is 39.5 Å². The monoisotopic (exact) mass is 267 g/mol. The molecule has 1 aliphatic carbocycles. The lowest BCUT2D eigenvalue weighted by atomic mass is 10.0. The van der Waals surface area contributed by atoms with Gasteiger partial charge in [-0.05, 0) is 49.7 Å². The number of aliphatic hydroxyl groups excluding tert-OH is 1. The maximum Gasteiger partial charge on any atom is 0.261 e. The molecule has 0 aliphatic heterocycles. The molecule has 100 valence electrons. The Bertz CT molecular complexity index is 435. The first-order valence-corrected chi connectivity index (χ1v) is 7.40. The van der Waals surface area contributed by atoms with E-state index >= 15 is 0 Å². The van der Waals surface area contributed by atoms with Gasteiger partial charge in [-0.2, -0.15) is 0 Å². The molecule has 0 unspecified atom stereocenters. The van der Waals surface area contributed by atoms with Crippen LogP contribution in [0.1, 0.15) is 46.3 Å². The zero-order valence-corrected chi connectivity index (χ0v) is 11.9. The summed E-state index contributed by atoms with van der Waals surface area (Å²) in [5, 5.41) is 12.0. The van der Waals surface area contributed by atoms with Crippen LogP contribution in [0.15, 0.2) is 6.07 Å². The van der Waals surface area contributed by atoms with Gasteiger partial charge in [-0.25, -0.2) is 0 Å². The van der Waals surface area contributed by atoms with Crippen molar-refractivity contribution in [1.82, 2.24) is 5.32 Å². The van der Waals surface area contributed by atoms with E-state index in [4.69, 9.17) is 5.11 Å². The molecule has 2 N–H and O–H groups in total. The fraction of sp³-hybridized carbons (Fsp3) is 0.643. The van der Waals surface area contributed by atoms with E-state index in [1.807, 2.05) is 6.07 Å².